The summed E-state index contributed by atoms with van der Waals surface area (Å²) in [6.07, 6.45) is 5.10. The van der Waals surface area contributed by atoms with E-state index in [0.717, 1.165) is 29.9 Å². The molecule has 0 aliphatic rings. The van der Waals surface area contributed by atoms with Gasteiger partial charge in [-0.25, -0.2) is 9.50 Å². The van der Waals surface area contributed by atoms with Crippen LogP contribution in [-0.2, 0) is 6.54 Å². The van der Waals surface area contributed by atoms with Gasteiger partial charge in [0, 0.05) is 36.1 Å². The van der Waals surface area contributed by atoms with E-state index in [9.17, 15) is 0 Å². The Balaban J connectivity index is 2.05. The highest BCUT2D eigenvalue weighted by Gasteiger charge is 2.24. The third-order valence-electron chi connectivity index (χ3n) is 3.23. The van der Waals surface area contributed by atoms with Crippen molar-refractivity contribution in [2.24, 2.45) is 5.41 Å². The van der Waals surface area contributed by atoms with Gasteiger partial charge in [-0.1, -0.05) is 20.8 Å². The van der Waals surface area contributed by atoms with E-state index < -0.39 is 0 Å². The Bertz CT molecular complexity index is 590. The highest BCUT2D eigenvalue weighted by molar-refractivity contribution is 5.38. The second-order valence-corrected chi connectivity index (χ2v) is 7.53. The van der Waals surface area contributed by atoms with E-state index in [1.165, 1.54) is 0 Å². The number of nitrogens with zero attached hydrogens (tertiary/aromatic N) is 3. The molecule has 2 aromatic heterocycles. The van der Waals surface area contributed by atoms with Gasteiger partial charge in [0.25, 0.3) is 0 Å². The smallest absolute Gasteiger partial charge is 0.155 e. The molecular weight excluding hydrogens is 248 g/mol. The zero-order chi connectivity index (χ0) is 15.0. The minimum atomic E-state index is 0.104. The summed E-state index contributed by atoms with van der Waals surface area (Å²) >= 11 is 0. The average molecular weight is 274 g/mol. The molecule has 0 bridgehead atoms. The van der Waals surface area contributed by atoms with E-state index in [-0.39, 0.29) is 5.54 Å². The van der Waals surface area contributed by atoms with Crippen molar-refractivity contribution in [3.8, 4) is 0 Å². The second kappa shape index (κ2) is 5.17. The van der Waals surface area contributed by atoms with Gasteiger partial charge in [-0.05, 0) is 32.6 Å². The van der Waals surface area contributed by atoms with Crippen LogP contribution in [0.2, 0.25) is 0 Å². The van der Waals surface area contributed by atoms with Crippen molar-refractivity contribution < 1.29 is 0 Å². The molecular formula is C16H26N4. The van der Waals surface area contributed by atoms with Gasteiger partial charge in [-0.3, -0.25) is 0 Å². The van der Waals surface area contributed by atoms with Crippen molar-refractivity contribution in [1.82, 2.24) is 19.9 Å². The second-order valence-electron chi connectivity index (χ2n) is 7.53. The Kier molecular flexibility index (Phi) is 3.87. The number of aryl methyl sites for hydroxylation is 1. The van der Waals surface area contributed by atoms with Crippen molar-refractivity contribution in [2.45, 2.75) is 60.0 Å². The monoisotopic (exact) mass is 274 g/mol. The van der Waals surface area contributed by atoms with Crippen LogP contribution in [0.3, 0.4) is 0 Å². The lowest BCUT2D eigenvalue weighted by Gasteiger charge is -2.33. The summed E-state index contributed by atoms with van der Waals surface area (Å²) in [4.78, 5) is 4.44. The molecule has 20 heavy (non-hydrogen) atoms. The number of fused-ring (bicyclic) bond motifs is 1. The van der Waals surface area contributed by atoms with Crippen molar-refractivity contribution in [3.05, 3.63) is 29.7 Å². The topological polar surface area (TPSA) is 42.2 Å². The first-order valence-corrected chi connectivity index (χ1v) is 7.21. The fourth-order valence-electron chi connectivity index (χ4n) is 2.85. The van der Waals surface area contributed by atoms with Gasteiger partial charge < -0.3 is 5.32 Å². The Labute approximate surface area is 121 Å². The number of hydrogen-bond donors (Lipinski definition) is 1. The zero-order valence-corrected chi connectivity index (χ0v) is 13.5. The van der Waals surface area contributed by atoms with Crippen LogP contribution in [0.4, 0.5) is 0 Å². The van der Waals surface area contributed by atoms with Crippen LogP contribution in [0.15, 0.2) is 18.5 Å². The number of nitrogens with one attached hydrogen (secondary N) is 1. The lowest BCUT2D eigenvalue weighted by molar-refractivity contribution is 0.240. The lowest BCUT2D eigenvalue weighted by Crippen LogP contribution is -2.41. The Morgan fingerprint density at radius 2 is 1.90 bits per heavy atom. The molecule has 0 aliphatic carbocycles. The molecule has 0 fully saturated rings. The Hall–Kier alpha value is -1.42. The molecule has 0 unspecified atom stereocenters. The van der Waals surface area contributed by atoms with Gasteiger partial charge >= 0.3 is 0 Å². The predicted molar refractivity (Wildman–Crippen MR) is 82.7 cm³/mol. The highest BCUT2D eigenvalue weighted by Crippen LogP contribution is 2.26. The van der Waals surface area contributed by atoms with E-state index in [2.05, 4.69) is 56.2 Å². The van der Waals surface area contributed by atoms with E-state index in [1.807, 2.05) is 23.7 Å². The molecule has 1 N–H and O–H groups in total. The first-order valence-electron chi connectivity index (χ1n) is 7.21. The minimum absolute atomic E-state index is 0.104. The van der Waals surface area contributed by atoms with Gasteiger partial charge in [0.2, 0.25) is 0 Å². The molecule has 4 heteroatoms. The summed E-state index contributed by atoms with van der Waals surface area (Å²) in [6, 6.07) is 1.99. The SMILES string of the molecule is Cc1cc2ncc(CNC(C)(C)CC(C)(C)C)cn2n1. The standard InChI is InChI=1S/C16H26N4/c1-12-7-14-17-8-13(10-20(14)19-12)9-18-16(5,6)11-15(2,3)4/h7-8,10,18H,9,11H2,1-6H3. The highest BCUT2D eigenvalue weighted by atomic mass is 15.2. The molecule has 0 radical (unpaired) electrons. The number of rotatable bonds is 4. The molecule has 4 nitrogen and oxygen atoms in total. The Morgan fingerprint density at radius 1 is 1.20 bits per heavy atom. The first-order chi connectivity index (χ1) is 9.15. The summed E-state index contributed by atoms with van der Waals surface area (Å²) in [7, 11) is 0. The maximum Gasteiger partial charge on any atom is 0.155 e. The van der Waals surface area contributed by atoms with Crippen LogP contribution in [-0.4, -0.2) is 20.1 Å². The van der Waals surface area contributed by atoms with E-state index >= 15 is 0 Å². The number of aromatic nitrogens is 3. The normalized spacial score (nSPS) is 13.1. The third-order valence-corrected chi connectivity index (χ3v) is 3.23. The molecule has 0 spiro atoms. The molecule has 0 amide bonds. The quantitative estimate of drug-likeness (QED) is 0.929. The third kappa shape index (κ3) is 4.04. The van der Waals surface area contributed by atoms with Crippen molar-refractivity contribution in [3.63, 3.8) is 0 Å². The van der Waals surface area contributed by atoms with Gasteiger partial charge in [0.1, 0.15) is 0 Å². The Morgan fingerprint density at radius 3 is 2.55 bits per heavy atom. The van der Waals surface area contributed by atoms with Crippen LogP contribution < -0.4 is 5.32 Å². The molecule has 0 aromatic carbocycles. The van der Waals surface area contributed by atoms with Gasteiger partial charge in [0.15, 0.2) is 5.65 Å². The summed E-state index contributed by atoms with van der Waals surface area (Å²) in [5, 5.41) is 8.03. The van der Waals surface area contributed by atoms with Crippen LogP contribution in [0.1, 0.15) is 52.3 Å². The van der Waals surface area contributed by atoms with E-state index in [4.69, 9.17) is 0 Å². The molecule has 0 saturated heterocycles. The summed E-state index contributed by atoms with van der Waals surface area (Å²) in [6.45, 7) is 14.1. The molecule has 0 saturated carbocycles. The van der Waals surface area contributed by atoms with E-state index in [0.29, 0.717) is 5.41 Å². The summed E-state index contributed by atoms with van der Waals surface area (Å²) < 4.78 is 1.85. The maximum absolute atomic E-state index is 4.44. The van der Waals surface area contributed by atoms with Gasteiger partial charge in [-0.15, -0.1) is 0 Å². The van der Waals surface area contributed by atoms with Gasteiger partial charge in [0.05, 0.1) is 5.69 Å². The fraction of sp³-hybridized carbons (Fsp3) is 0.625. The summed E-state index contributed by atoms with van der Waals surface area (Å²) in [5.74, 6) is 0. The molecule has 2 rings (SSSR count). The largest absolute Gasteiger partial charge is 0.308 e. The maximum atomic E-state index is 4.44. The molecule has 110 valence electrons. The van der Waals surface area contributed by atoms with Crippen molar-refractivity contribution in [1.29, 1.82) is 0 Å². The van der Waals surface area contributed by atoms with Crippen LogP contribution in [0.25, 0.3) is 5.65 Å². The van der Waals surface area contributed by atoms with E-state index in [1.54, 1.807) is 0 Å². The molecule has 0 atom stereocenters. The number of hydrogen-bond acceptors (Lipinski definition) is 3. The molecule has 2 heterocycles. The van der Waals surface area contributed by atoms with Crippen LogP contribution >= 0.6 is 0 Å². The van der Waals surface area contributed by atoms with Gasteiger partial charge in [-0.2, -0.15) is 5.10 Å². The molecule has 2 aromatic rings. The predicted octanol–water partition coefficient (Wildman–Crippen LogP) is 3.34. The lowest BCUT2D eigenvalue weighted by atomic mass is 9.82. The zero-order valence-electron chi connectivity index (χ0n) is 13.5. The summed E-state index contributed by atoms with van der Waals surface area (Å²) in [5.41, 5.74) is 3.48. The fourth-order valence-corrected chi connectivity index (χ4v) is 2.85. The average Bonchev–Trinajstić information content (AvgIpc) is 2.62. The van der Waals surface area contributed by atoms with Crippen molar-refractivity contribution in [2.75, 3.05) is 0 Å². The van der Waals surface area contributed by atoms with Crippen molar-refractivity contribution >= 4 is 5.65 Å². The first kappa shape index (κ1) is 15.0. The van der Waals surface area contributed by atoms with Crippen LogP contribution in [0, 0.1) is 12.3 Å². The molecule has 0 aliphatic heterocycles. The van der Waals surface area contributed by atoms with Crippen LogP contribution in [0.5, 0.6) is 0 Å². The minimum Gasteiger partial charge on any atom is -0.308 e.